The number of aromatic nitrogens is 2. The first-order chi connectivity index (χ1) is 11.7. The maximum Gasteiger partial charge on any atom is 0.248 e. The summed E-state index contributed by atoms with van der Waals surface area (Å²) in [7, 11) is 1.50. The number of benzene rings is 1. The first-order valence-corrected chi connectivity index (χ1v) is 8.66. The van der Waals surface area contributed by atoms with E-state index in [-0.39, 0.29) is 24.3 Å². The maximum absolute atomic E-state index is 12.4. The fraction of sp³-hybridized carbons (Fsp3) is 0.500. The third-order valence-corrected chi connectivity index (χ3v) is 4.75. The van der Waals surface area contributed by atoms with Gasteiger partial charge in [-0.2, -0.15) is 8.75 Å². The number of carbonyl (C=O) groups is 2. The van der Waals surface area contributed by atoms with E-state index in [0.29, 0.717) is 19.6 Å². The van der Waals surface area contributed by atoms with Gasteiger partial charge in [0.2, 0.25) is 11.8 Å². The molecule has 1 saturated heterocycles. The predicted octanol–water partition coefficient (Wildman–Crippen LogP) is 1.19. The normalized spacial score (nSPS) is 17.9. The highest BCUT2D eigenvalue weighted by Gasteiger charge is 2.28. The molecule has 1 aliphatic heterocycles. The molecule has 0 bridgehead atoms. The average molecular weight is 348 g/mol. The Labute approximate surface area is 144 Å². The van der Waals surface area contributed by atoms with E-state index in [4.69, 9.17) is 4.74 Å². The number of amides is 2. The molecule has 1 aromatic heterocycles. The molecule has 1 atom stereocenters. The van der Waals surface area contributed by atoms with E-state index in [1.54, 1.807) is 4.90 Å². The van der Waals surface area contributed by atoms with Crippen LogP contribution in [0.4, 0.5) is 0 Å². The SMILES string of the molecule is COCC(=O)N1CCCC(C(=O)NCc2ccc3nsnc3c2)C1. The molecule has 1 unspecified atom stereocenters. The molecule has 2 amide bonds. The molecule has 0 saturated carbocycles. The summed E-state index contributed by atoms with van der Waals surface area (Å²) in [5, 5.41) is 2.96. The van der Waals surface area contributed by atoms with Crippen LogP contribution < -0.4 is 5.32 Å². The second-order valence-corrected chi connectivity index (χ2v) is 6.45. The molecule has 24 heavy (non-hydrogen) atoms. The van der Waals surface area contributed by atoms with Gasteiger partial charge in [-0.25, -0.2) is 0 Å². The number of likely N-dealkylation sites (tertiary alicyclic amines) is 1. The summed E-state index contributed by atoms with van der Waals surface area (Å²) >= 11 is 1.18. The first kappa shape index (κ1) is 16.8. The van der Waals surface area contributed by atoms with Crippen molar-refractivity contribution in [1.82, 2.24) is 19.0 Å². The molecule has 0 spiro atoms. The van der Waals surface area contributed by atoms with Crippen LogP contribution in [0.25, 0.3) is 11.0 Å². The van der Waals surface area contributed by atoms with E-state index in [1.165, 1.54) is 18.8 Å². The van der Waals surface area contributed by atoms with Gasteiger partial charge in [0, 0.05) is 26.7 Å². The molecule has 0 radical (unpaired) electrons. The number of hydrogen-bond donors (Lipinski definition) is 1. The zero-order valence-electron chi connectivity index (χ0n) is 13.5. The Morgan fingerprint density at radius 3 is 3.04 bits per heavy atom. The van der Waals surface area contributed by atoms with Crippen LogP contribution in [-0.2, 0) is 20.9 Å². The topological polar surface area (TPSA) is 84.4 Å². The number of hydrogen-bond acceptors (Lipinski definition) is 6. The van der Waals surface area contributed by atoms with E-state index >= 15 is 0 Å². The summed E-state index contributed by atoms with van der Waals surface area (Å²) < 4.78 is 13.3. The van der Waals surface area contributed by atoms with Crippen LogP contribution in [0.3, 0.4) is 0 Å². The third kappa shape index (κ3) is 3.88. The standard InChI is InChI=1S/C16H20N4O3S/c1-23-10-15(21)20-6-2-3-12(9-20)16(22)17-8-11-4-5-13-14(7-11)19-24-18-13/h4-5,7,12H,2-3,6,8-10H2,1H3,(H,17,22). The molecular weight excluding hydrogens is 328 g/mol. The Morgan fingerprint density at radius 2 is 2.21 bits per heavy atom. The number of rotatable bonds is 5. The number of methoxy groups -OCH3 is 1. The van der Waals surface area contributed by atoms with Crippen molar-refractivity contribution in [1.29, 1.82) is 0 Å². The van der Waals surface area contributed by atoms with Crippen molar-refractivity contribution >= 4 is 34.6 Å². The van der Waals surface area contributed by atoms with Gasteiger partial charge in [-0.1, -0.05) is 6.07 Å². The highest BCUT2D eigenvalue weighted by molar-refractivity contribution is 7.00. The van der Waals surface area contributed by atoms with Gasteiger partial charge in [-0.3, -0.25) is 9.59 Å². The van der Waals surface area contributed by atoms with Crippen molar-refractivity contribution in [2.75, 3.05) is 26.8 Å². The van der Waals surface area contributed by atoms with Crippen LogP contribution in [0.5, 0.6) is 0 Å². The van der Waals surface area contributed by atoms with Gasteiger partial charge in [-0.15, -0.1) is 0 Å². The summed E-state index contributed by atoms with van der Waals surface area (Å²) in [6, 6.07) is 5.79. The maximum atomic E-state index is 12.4. The smallest absolute Gasteiger partial charge is 0.248 e. The second-order valence-electron chi connectivity index (χ2n) is 5.92. The third-order valence-electron chi connectivity index (χ3n) is 4.20. The quantitative estimate of drug-likeness (QED) is 0.877. The number of carbonyl (C=O) groups excluding carboxylic acids is 2. The Balaban J connectivity index is 1.55. The van der Waals surface area contributed by atoms with Crippen molar-refractivity contribution in [3.05, 3.63) is 23.8 Å². The van der Waals surface area contributed by atoms with Gasteiger partial charge in [-0.05, 0) is 30.5 Å². The molecule has 1 N–H and O–H groups in total. The molecule has 0 aliphatic carbocycles. The first-order valence-electron chi connectivity index (χ1n) is 7.93. The van der Waals surface area contributed by atoms with Crippen LogP contribution in [0.1, 0.15) is 18.4 Å². The Bertz CT molecular complexity index is 733. The minimum absolute atomic E-state index is 0.0126. The lowest BCUT2D eigenvalue weighted by Crippen LogP contribution is -2.46. The summed E-state index contributed by atoms with van der Waals surface area (Å²) in [5.74, 6) is -0.234. The summed E-state index contributed by atoms with van der Waals surface area (Å²) in [6.45, 7) is 1.67. The molecule has 2 heterocycles. The Hall–Kier alpha value is -2.06. The Kier molecular flexibility index (Phi) is 5.37. The molecule has 128 valence electrons. The number of nitrogens with one attached hydrogen (secondary N) is 1. The fourth-order valence-corrected chi connectivity index (χ4v) is 3.42. The minimum atomic E-state index is -0.163. The van der Waals surface area contributed by atoms with Crippen molar-refractivity contribution in [2.24, 2.45) is 5.92 Å². The van der Waals surface area contributed by atoms with Gasteiger partial charge in [0.25, 0.3) is 0 Å². The molecule has 1 aliphatic rings. The Morgan fingerprint density at radius 1 is 1.38 bits per heavy atom. The largest absolute Gasteiger partial charge is 0.375 e. The van der Waals surface area contributed by atoms with Crippen LogP contribution in [0.2, 0.25) is 0 Å². The number of nitrogens with zero attached hydrogens (tertiary/aromatic N) is 3. The molecule has 1 aromatic carbocycles. The second kappa shape index (κ2) is 7.67. The van der Waals surface area contributed by atoms with Crippen LogP contribution >= 0.6 is 11.7 Å². The summed E-state index contributed by atoms with van der Waals surface area (Å²) in [6.07, 6.45) is 1.64. The van der Waals surface area contributed by atoms with Crippen LogP contribution in [0, 0.1) is 5.92 Å². The number of fused-ring (bicyclic) bond motifs is 1. The van der Waals surface area contributed by atoms with E-state index in [9.17, 15) is 9.59 Å². The van der Waals surface area contributed by atoms with E-state index in [0.717, 1.165) is 29.4 Å². The van der Waals surface area contributed by atoms with Gasteiger partial charge in [0.1, 0.15) is 17.6 Å². The van der Waals surface area contributed by atoms with Gasteiger partial charge in [0.05, 0.1) is 17.6 Å². The zero-order valence-corrected chi connectivity index (χ0v) is 14.3. The molecular formula is C16H20N4O3S. The summed E-state index contributed by atoms with van der Waals surface area (Å²) in [4.78, 5) is 26.0. The van der Waals surface area contributed by atoms with E-state index in [2.05, 4.69) is 14.1 Å². The fourth-order valence-electron chi connectivity index (χ4n) is 2.90. The highest BCUT2D eigenvalue weighted by Crippen LogP contribution is 2.18. The molecule has 8 heteroatoms. The van der Waals surface area contributed by atoms with E-state index < -0.39 is 0 Å². The number of ether oxygens (including phenoxy) is 1. The predicted molar refractivity (Wildman–Crippen MR) is 90.4 cm³/mol. The monoisotopic (exact) mass is 348 g/mol. The zero-order chi connectivity index (χ0) is 16.9. The van der Waals surface area contributed by atoms with Crippen molar-refractivity contribution in [2.45, 2.75) is 19.4 Å². The molecule has 1 fully saturated rings. The van der Waals surface area contributed by atoms with Crippen molar-refractivity contribution < 1.29 is 14.3 Å². The molecule has 7 nitrogen and oxygen atoms in total. The molecule has 2 aromatic rings. The van der Waals surface area contributed by atoms with E-state index in [1.807, 2.05) is 18.2 Å². The lowest BCUT2D eigenvalue weighted by atomic mass is 9.97. The van der Waals surface area contributed by atoms with Crippen LogP contribution in [-0.4, -0.2) is 52.3 Å². The lowest BCUT2D eigenvalue weighted by molar-refractivity contribution is -0.139. The van der Waals surface area contributed by atoms with Gasteiger partial charge >= 0.3 is 0 Å². The van der Waals surface area contributed by atoms with Crippen LogP contribution in [0.15, 0.2) is 18.2 Å². The van der Waals surface area contributed by atoms with Crippen molar-refractivity contribution in [3.8, 4) is 0 Å². The van der Waals surface area contributed by atoms with Gasteiger partial charge < -0.3 is 15.0 Å². The minimum Gasteiger partial charge on any atom is -0.375 e. The lowest BCUT2D eigenvalue weighted by Gasteiger charge is -2.31. The van der Waals surface area contributed by atoms with Gasteiger partial charge in [0.15, 0.2) is 0 Å². The highest BCUT2D eigenvalue weighted by atomic mass is 32.1. The number of piperidine rings is 1. The average Bonchev–Trinajstić information content (AvgIpc) is 3.07. The molecule has 3 rings (SSSR count). The van der Waals surface area contributed by atoms with Crippen molar-refractivity contribution in [3.63, 3.8) is 0 Å². The summed E-state index contributed by atoms with van der Waals surface area (Å²) in [5.41, 5.74) is 2.71.